The van der Waals surface area contributed by atoms with Gasteiger partial charge < -0.3 is 19.5 Å². The third-order valence-corrected chi connectivity index (χ3v) is 9.72. The number of sulfonamides is 1. The number of rotatable bonds is 9. The molecule has 3 rings (SSSR count). The van der Waals surface area contributed by atoms with E-state index in [1.54, 1.807) is 78.6 Å². The molecule has 1 aliphatic heterocycles. The number of nitrogens with one attached hydrogen (secondary N) is 3. The van der Waals surface area contributed by atoms with Crippen molar-refractivity contribution in [2.75, 3.05) is 11.9 Å². The lowest BCUT2D eigenvalue weighted by Gasteiger charge is -2.39. The van der Waals surface area contributed by atoms with E-state index in [4.69, 9.17) is 14.2 Å². The van der Waals surface area contributed by atoms with Crippen LogP contribution >= 0.6 is 11.3 Å². The highest BCUT2D eigenvalue weighted by atomic mass is 32.2. The number of piperidine rings is 1. The first-order valence-electron chi connectivity index (χ1n) is 15.8. The molecule has 0 aliphatic carbocycles. The summed E-state index contributed by atoms with van der Waals surface area (Å²) < 4.78 is 46.3. The number of amides is 3. The van der Waals surface area contributed by atoms with Crippen LogP contribution in [0.5, 0.6) is 0 Å². The fourth-order valence-corrected chi connectivity index (χ4v) is 7.58. The molecule has 1 aromatic heterocycles. The van der Waals surface area contributed by atoms with Crippen LogP contribution in [0.15, 0.2) is 29.3 Å². The van der Waals surface area contributed by atoms with Crippen LogP contribution in [0.3, 0.4) is 0 Å². The number of likely N-dealkylation sites (tertiary alicyclic amines) is 1. The summed E-state index contributed by atoms with van der Waals surface area (Å²) in [4.78, 5) is 44.9. The Kier molecular flexibility index (Phi) is 12.3. The van der Waals surface area contributed by atoms with Crippen molar-refractivity contribution in [3.8, 4) is 10.4 Å². The van der Waals surface area contributed by atoms with E-state index in [1.807, 2.05) is 13.8 Å². The topological polar surface area (TPSA) is 165 Å². The van der Waals surface area contributed by atoms with Crippen molar-refractivity contribution < 1.29 is 37.0 Å². The summed E-state index contributed by atoms with van der Waals surface area (Å²) in [7, 11) is -4.07. The summed E-state index contributed by atoms with van der Waals surface area (Å²) in [5, 5.41) is 6.04. The number of aromatic nitrogens is 1. The minimum absolute atomic E-state index is 0.0540. The number of carbonyl (C=O) groups is 3. The molecule has 3 N–H and O–H groups in total. The molecule has 1 fully saturated rings. The van der Waals surface area contributed by atoms with Gasteiger partial charge in [-0.05, 0) is 93.7 Å². The number of anilines is 1. The Morgan fingerprint density at radius 1 is 1.04 bits per heavy atom. The van der Waals surface area contributed by atoms with E-state index in [-0.39, 0.29) is 35.4 Å². The Labute approximate surface area is 282 Å². The molecule has 47 heavy (non-hydrogen) atoms. The molecule has 15 heteroatoms. The lowest BCUT2D eigenvalue weighted by Crippen LogP contribution is -2.52. The number of ether oxygens (including phenoxy) is 3. The normalized spacial score (nSPS) is 18.0. The van der Waals surface area contributed by atoms with Gasteiger partial charge in [-0.3, -0.25) is 10.2 Å². The molecule has 1 unspecified atom stereocenters. The summed E-state index contributed by atoms with van der Waals surface area (Å²) in [5.41, 5.74) is -0.921. The molecule has 0 saturated carbocycles. The van der Waals surface area contributed by atoms with Crippen LogP contribution in [0.25, 0.3) is 10.4 Å². The molecule has 0 spiro atoms. The maximum absolute atomic E-state index is 13.7. The standard InChI is InChI=1S/C32H49N5O8S2/c1-11-20(4)44-29(39)35-22-13-15-24(37(18-22)30(40)45-32(8,9)10)27-33-17-25(46-27)23-14-12-21(34-28(38)43-19(2)3)16-26(23)47(41,42)36-31(5,6)7/h12,14,16-17,19-20,22,24,36H,11,13,15,18H2,1-10H3,(H,34,38)(H,35,39)/t20?,22-,24+/m1/s1. The van der Waals surface area contributed by atoms with E-state index in [0.29, 0.717) is 34.7 Å². The summed E-state index contributed by atoms with van der Waals surface area (Å²) in [6.07, 6.45) is 0.865. The smallest absolute Gasteiger partial charge is 0.411 e. The molecule has 0 radical (unpaired) electrons. The second kappa shape index (κ2) is 15.2. The van der Waals surface area contributed by atoms with Gasteiger partial charge in [0.15, 0.2) is 0 Å². The van der Waals surface area contributed by atoms with Crippen LogP contribution in [-0.2, 0) is 24.2 Å². The van der Waals surface area contributed by atoms with Crippen LogP contribution in [0.1, 0.15) is 99.5 Å². The number of nitrogens with zero attached hydrogens (tertiary/aromatic N) is 2. The van der Waals surface area contributed by atoms with E-state index < -0.39 is 45.5 Å². The predicted molar refractivity (Wildman–Crippen MR) is 181 cm³/mol. The predicted octanol–water partition coefficient (Wildman–Crippen LogP) is 6.81. The molecule has 1 aromatic carbocycles. The Bertz CT molecular complexity index is 1530. The molecular weight excluding hydrogens is 647 g/mol. The van der Waals surface area contributed by atoms with E-state index in [9.17, 15) is 22.8 Å². The van der Waals surface area contributed by atoms with Gasteiger partial charge in [0.25, 0.3) is 0 Å². The summed E-state index contributed by atoms with van der Waals surface area (Å²) >= 11 is 1.26. The zero-order chi connectivity index (χ0) is 35.3. The number of hydrogen-bond donors (Lipinski definition) is 3. The van der Waals surface area contributed by atoms with E-state index in [1.165, 1.54) is 17.4 Å². The number of carbonyl (C=O) groups excluding carboxylic acids is 3. The lowest BCUT2D eigenvalue weighted by molar-refractivity contribution is 0.00478. The fourth-order valence-electron chi connectivity index (χ4n) is 4.75. The largest absolute Gasteiger partial charge is 0.447 e. The van der Waals surface area contributed by atoms with Gasteiger partial charge in [0, 0.05) is 29.5 Å². The molecule has 0 bridgehead atoms. The molecule has 262 valence electrons. The quantitative estimate of drug-likeness (QED) is 0.239. The number of thiazole rings is 1. The highest BCUT2D eigenvalue weighted by Gasteiger charge is 2.38. The van der Waals surface area contributed by atoms with Gasteiger partial charge in [-0.15, -0.1) is 11.3 Å². The average Bonchev–Trinajstić information content (AvgIpc) is 3.40. The van der Waals surface area contributed by atoms with Crippen LogP contribution in [0, 0.1) is 0 Å². The van der Waals surface area contributed by atoms with Gasteiger partial charge in [0.1, 0.15) is 16.7 Å². The second-order valence-electron chi connectivity index (χ2n) is 13.9. The highest BCUT2D eigenvalue weighted by Crippen LogP contribution is 2.40. The number of benzene rings is 1. The molecular formula is C32H49N5O8S2. The maximum atomic E-state index is 13.7. The van der Waals surface area contributed by atoms with Crippen LogP contribution < -0.4 is 15.4 Å². The minimum Gasteiger partial charge on any atom is -0.447 e. The SMILES string of the molecule is CCC(C)OC(=O)N[C@@H]1CC[C@@H](c2ncc(-c3ccc(NC(=O)OC(C)C)cc3S(=O)(=O)NC(C)(C)C)s2)N(C(=O)OC(C)(C)C)C1. The van der Waals surface area contributed by atoms with Crippen molar-refractivity contribution in [1.82, 2.24) is 19.9 Å². The van der Waals surface area contributed by atoms with Gasteiger partial charge in [0.2, 0.25) is 10.0 Å². The fraction of sp³-hybridized carbons (Fsp3) is 0.625. The Hall–Kier alpha value is -3.43. The Morgan fingerprint density at radius 2 is 1.72 bits per heavy atom. The van der Waals surface area contributed by atoms with Crippen molar-refractivity contribution >= 4 is 45.3 Å². The van der Waals surface area contributed by atoms with Gasteiger partial charge in [-0.2, -0.15) is 0 Å². The second-order valence-corrected chi connectivity index (χ2v) is 16.6. The van der Waals surface area contributed by atoms with Crippen molar-refractivity contribution in [1.29, 1.82) is 0 Å². The molecule has 13 nitrogen and oxygen atoms in total. The zero-order valence-electron chi connectivity index (χ0n) is 28.9. The van der Waals surface area contributed by atoms with E-state index in [0.717, 1.165) is 0 Å². The number of alkyl carbamates (subject to hydrolysis) is 1. The zero-order valence-corrected chi connectivity index (χ0v) is 30.6. The monoisotopic (exact) mass is 695 g/mol. The Balaban J connectivity index is 1.98. The molecule has 1 aliphatic rings. The van der Waals surface area contributed by atoms with Gasteiger partial charge in [-0.25, -0.2) is 32.5 Å². The highest BCUT2D eigenvalue weighted by molar-refractivity contribution is 7.89. The first-order valence-corrected chi connectivity index (χ1v) is 18.1. The van der Waals surface area contributed by atoms with Crippen molar-refractivity contribution in [3.63, 3.8) is 0 Å². The first-order chi connectivity index (χ1) is 21.7. The van der Waals surface area contributed by atoms with Gasteiger partial charge >= 0.3 is 18.3 Å². The molecule has 1 saturated heterocycles. The number of hydrogen-bond acceptors (Lipinski definition) is 10. The molecule has 3 amide bonds. The summed E-state index contributed by atoms with van der Waals surface area (Å²) in [6, 6.07) is 3.74. The maximum Gasteiger partial charge on any atom is 0.411 e. The van der Waals surface area contributed by atoms with Crippen LogP contribution in [0.2, 0.25) is 0 Å². The first kappa shape index (κ1) is 38.0. The molecule has 3 atom stereocenters. The lowest BCUT2D eigenvalue weighted by atomic mass is 9.99. The summed E-state index contributed by atoms with van der Waals surface area (Å²) in [5.74, 6) is 0. The van der Waals surface area contributed by atoms with Crippen molar-refractivity contribution in [3.05, 3.63) is 29.4 Å². The summed E-state index contributed by atoms with van der Waals surface area (Å²) in [6.45, 7) is 17.9. The van der Waals surface area contributed by atoms with Gasteiger partial charge in [0.05, 0.1) is 28.0 Å². The molecule has 2 aromatic rings. The van der Waals surface area contributed by atoms with Crippen LogP contribution in [-0.4, -0.2) is 72.5 Å². The Morgan fingerprint density at radius 3 is 2.32 bits per heavy atom. The van der Waals surface area contributed by atoms with Crippen LogP contribution in [0.4, 0.5) is 20.1 Å². The third-order valence-electron chi connectivity index (χ3n) is 6.79. The van der Waals surface area contributed by atoms with Crippen molar-refractivity contribution in [2.45, 2.75) is 129 Å². The van der Waals surface area contributed by atoms with E-state index >= 15 is 0 Å². The van der Waals surface area contributed by atoms with Gasteiger partial charge in [-0.1, -0.05) is 13.0 Å². The van der Waals surface area contributed by atoms with Crippen molar-refractivity contribution in [2.24, 2.45) is 0 Å². The molecule has 2 heterocycles. The van der Waals surface area contributed by atoms with E-state index in [2.05, 4.69) is 20.3 Å². The minimum atomic E-state index is -4.07. The average molecular weight is 696 g/mol. The third kappa shape index (κ3) is 11.4.